The molecule has 0 fully saturated rings. The van der Waals surface area contributed by atoms with Gasteiger partial charge in [0.1, 0.15) is 6.04 Å². The van der Waals surface area contributed by atoms with Crippen molar-refractivity contribution in [3.8, 4) is 0 Å². The fourth-order valence-electron chi connectivity index (χ4n) is 0.390. The van der Waals surface area contributed by atoms with E-state index >= 15 is 0 Å². The Morgan fingerprint density at radius 1 is 1.67 bits per heavy atom. The molecule has 0 aromatic heterocycles. The first-order chi connectivity index (χ1) is 5.61. The number of nitrogens with two attached hydrogens (primary N) is 1. The molecule has 0 rings (SSSR count). The predicted molar refractivity (Wildman–Crippen MR) is 46.9 cm³/mol. The van der Waals surface area contributed by atoms with Gasteiger partial charge in [0.25, 0.3) is 5.91 Å². The number of hydrogen-bond acceptors (Lipinski definition) is 5. The average molecular weight is 192 g/mol. The summed E-state index contributed by atoms with van der Waals surface area (Å²) in [6.07, 6.45) is 0. The zero-order chi connectivity index (χ0) is 9.56. The van der Waals surface area contributed by atoms with E-state index in [1.165, 1.54) is 7.05 Å². The lowest BCUT2D eigenvalue weighted by Crippen LogP contribution is -2.36. The predicted octanol–water partition coefficient (Wildman–Crippen LogP) is -1.47. The van der Waals surface area contributed by atoms with E-state index in [0.717, 1.165) is 0 Å². The molecule has 0 spiro atoms. The van der Waals surface area contributed by atoms with Gasteiger partial charge in [-0.3, -0.25) is 9.59 Å². The molecule has 3 N–H and O–H groups in total. The number of likely N-dealkylation sites (N-methyl/N-ethyl adjacent to an activating group) is 1. The van der Waals surface area contributed by atoms with Crippen LogP contribution >= 0.6 is 12.6 Å². The van der Waals surface area contributed by atoms with Crippen LogP contribution in [-0.2, 0) is 14.3 Å². The summed E-state index contributed by atoms with van der Waals surface area (Å²) in [5.74, 6) is -0.782. The van der Waals surface area contributed by atoms with Crippen LogP contribution in [0.4, 0.5) is 0 Å². The molecule has 0 aliphatic heterocycles. The standard InChI is InChI=1S/C6H12N2O3S/c1-8-5(9)2-11-6(10)4(7)3-12/h4,12H,2-3,7H2,1H3,(H,8,9)/t4-/m0/s1. The highest BCUT2D eigenvalue weighted by Crippen LogP contribution is 1.88. The van der Waals surface area contributed by atoms with Crippen LogP contribution in [0.3, 0.4) is 0 Å². The molecule has 1 atom stereocenters. The van der Waals surface area contributed by atoms with Crippen molar-refractivity contribution in [2.24, 2.45) is 5.73 Å². The topological polar surface area (TPSA) is 81.4 Å². The van der Waals surface area contributed by atoms with Crippen LogP contribution in [0.1, 0.15) is 0 Å². The first kappa shape index (κ1) is 11.2. The number of rotatable bonds is 4. The third-order valence-electron chi connectivity index (χ3n) is 1.12. The largest absolute Gasteiger partial charge is 0.454 e. The van der Waals surface area contributed by atoms with Gasteiger partial charge >= 0.3 is 5.97 Å². The van der Waals surface area contributed by atoms with Gasteiger partial charge in [-0.05, 0) is 0 Å². The fraction of sp³-hybridized carbons (Fsp3) is 0.667. The van der Waals surface area contributed by atoms with Gasteiger partial charge in [-0.1, -0.05) is 0 Å². The molecule has 5 nitrogen and oxygen atoms in total. The molecule has 0 aromatic rings. The van der Waals surface area contributed by atoms with E-state index in [9.17, 15) is 9.59 Å². The Labute approximate surface area is 76.0 Å². The van der Waals surface area contributed by atoms with Crippen LogP contribution in [0.15, 0.2) is 0 Å². The lowest BCUT2D eigenvalue weighted by atomic mass is 10.4. The molecular formula is C6H12N2O3S. The summed E-state index contributed by atoms with van der Waals surface area (Å²) in [7, 11) is 1.45. The van der Waals surface area contributed by atoms with Crippen LogP contribution < -0.4 is 11.1 Å². The van der Waals surface area contributed by atoms with Gasteiger partial charge in [-0.25, -0.2) is 0 Å². The Balaban J connectivity index is 3.64. The van der Waals surface area contributed by atoms with Crippen LogP contribution in [0.25, 0.3) is 0 Å². The third kappa shape index (κ3) is 4.20. The second-order valence-corrected chi connectivity index (χ2v) is 2.44. The molecule has 70 valence electrons. The van der Waals surface area contributed by atoms with E-state index in [-0.39, 0.29) is 18.3 Å². The Morgan fingerprint density at radius 2 is 2.25 bits per heavy atom. The number of amides is 1. The number of carbonyl (C=O) groups is 2. The van der Waals surface area contributed by atoms with Crippen molar-refractivity contribution in [2.75, 3.05) is 19.4 Å². The summed E-state index contributed by atoms with van der Waals surface area (Å²) in [6.45, 7) is -0.295. The number of ether oxygens (including phenoxy) is 1. The molecular weight excluding hydrogens is 180 g/mol. The molecule has 0 saturated carbocycles. The summed E-state index contributed by atoms with van der Waals surface area (Å²) < 4.78 is 4.52. The molecule has 0 bridgehead atoms. The monoisotopic (exact) mass is 192 g/mol. The van der Waals surface area contributed by atoms with Crippen LogP contribution in [0, 0.1) is 0 Å². The molecule has 0 heterocycles. The Kier molecular flexibility index (Phi) is 5.48. The third-order valence-corrected chi connectivity index (χ3v) is 1.52. The number of esters is 1. The first-order valence-corrected chi connectivity index (χ1v) is 3.98. The molecule has 6 heteroatoms. The maximum Gasteiger partial charge on any atom is 0.324 e. The number of carbonyl (C=O) groups excluding carboxylic acids is 2. The fourth-order valence-corrected chi connectivity index (χ4v) is 0.539. The van der Waals surface area contributed by atoms with Crippen molar-refractivity contribution in [2.45, 2.75) is 6.04 Å². The Morgan fingerprint density at radius 3 is 2.67 bits per heavy atom. The van der Waals surface area contributed by atoms with E-state index < -0.39 is 12.0 Å². The molecule has 0 aliphatic rings. The molecule has 0 aliphatic carbocycles. The van der Waals surface area contributed by atoms with Gasteiger partial charge in [0.15, 0.2) is 6.61 Å². The van der Waals surface area contributed by atoms with Crippen molar-refractivity contribution in [3.05, 3.63) is 0 Å². The number of thiol groups is 1. The summed E-state index contributed by atoms with van der Waals surface area (Å²) in [5.41, 5.74) is 5.26. The molecule has 0 saturated heterocycles. The Hall–Kier alpha value is -0.750. The first-order valence-electron chi connectivity index (χ1n) is 3.35. The number of nitrogens with one attached hydrogen (secondary N) is 1. The van der Waals surface area contributed by atoms with E-state index in [1.807, 2.05) is 0 Å². The molecule has 0 aromatic carbocycles. The second-order valence-electron chi connectivity index (χ2n) is 2.07. The maximum atomic E-state index is 10.8. The smallest absolute Gasteiger partial charge is 0.324 e. The summed E-state index contributed by atoms with van der Waals surface area (Å²) in [4.78, 5) is 21.4. The highest BCUT2D eigenvalue weighted by molar-refractivity contribution is 7.80. The van der Waals surface area contributed by atoms with Gasteiger partial charge in [0.05, 0.1) is 0 Å². The minimum Gasteiger partial charge on any atom is -0.454 e. The zero-order valence-electron chi connectivity index (χ0n) is 6.74. The zero-order valence-corrected chi connectivity index (χ0v) is 7.64. The highest BCUT2D eigenvalue weighted by atomic mass is 32.1. The maximum absolute atomic E-state index is 10.8. The van der Waals surface area contributed by atoms with E-state index in [2.05, 4.69) is 22.7 Å². The minimum atomic E-state index is -0.766. The van der Waals surface area contributed by atoms with Crippen molar-refractivity contribution in [1.82, 2.24) is 5.32 Å². The normalized spacial score (nSPS) is 11.9. The lowest BCUT2D eigenvalue weighted by Gasteiger charge is -2.07. The summed E-state index contributed by atoms with van der Waals surface area (Å²) >= 11 is 3.80. The van der Waals surface area contributed by atoms with E-state index in [0.29, 0.717) is 0 Å². The van der Waals surface area contributed by atoms with E-state index in [4.69, 9.17) is 5.73 Å². The van der Waals surface area contributed by atoms with Crippen LogP contribution in [-0.4, -0.2) is 37.3 Å². The minimum absolute atomic E-state index is 0.201. The molecule has 0 radical (unpaired) electrons. The van der Waals surface area contributed by atoms with Gasteiger partial charge in [-0.2, -0.15) is 12.6 Å². The quantitative estimate of drug-likeness (QED) is 0.375. The van der Waals surface area contributed by atoms with Crippen molar-refractivity contribution in [3.63, 3.8) is 0 Å². The second kappa shape index (κ2) is 5.84. The van der Waals surface area contributed by atoms with E-state index in [1.54, 1.807) is 0 Å². The Bertz CT molecular complexity index is 174. The van der Waals surface area contributed by atoms with Gasteiger partial charge in [0.2, 0.25) is 0 Å². The molecule has 0 unspecified atom stereocenters. The van der Waals surface area contributed by atoms with Crippen molar-refractivity contribution >= 4 is 24.5 Å². The van der Waals surface area contributed by atoms with Gasteiger partial charge in [0, 0.05) is 12.8 Å². The lowest BCUT2D eigenvalue weighted by molar-refractivity contribution is -0.149. The summed E-state index contributed by atoms with van der Waals surface area (Å²) in [5, 5.41) is 2.30. The molecule has 1 amide bonds. The average Bonchev–Trinajstić information content (AvgIpc) is 2.11. The highest BCUT2D eigenvalue weighted by Gasteiger charge is 2.13. The van der Waals surface area contributed by atoms with Crippen molar-refractivity contribution in [1.29, 1.82) is 0 Å². The van der Waals surface area contributed by atoms with Crippen LogP contribution in [0.5, 0.6) is 0 Å². The van der Waals surface area contributed by atoms with Gasteiger partial charge < -0.3 is 15.8 Å². The summed E-state index contributed by atoms with van der Waals surface area (Å²) in [6, 6.07) is -0.766. The van der Waals surface area contributed by atoms with Crippen LogP contribution in [0.2, 0.25) is 0 Å². The van der Waals surface area contributed by atoms with Gasteiger partial charge in [-0.15, -0.1) is 0 Å². The molecule has 12 heavy (non-hydrogen) atoms. The number of hydrogen-bond donors (Lipinski definition) is 3. The van der Waals surface area contributed by atoms with Crippen molar-refractivity contribution < 1.29 is 14.3 Å². The SMILES string of the molecule is CNC(=O)COC(=O)[C@@H](N)CS.